The SMILES string of the molecule is Nc1cc(Cc2ccccc2)nc(N)n1.O=C=O. The predicted molar refractivity (Wildman–Crippen MR) is 65.1 cm³/mol. The van der Waals surface area contributed by atoms with E-state index < -0.39 is 0 Å². The fourth-order valence-electron chi connectivity index (χ4n) is 1.44. The average molecular weight is 244 g/mol. The van der Waals surface area contributed by atoms with Crippen LogP contribution in [0.15, 0.2) is 36.4 Å². The maximum absolute atomic E-state index is 8.12. The van der Waals surface area contributed by atoms with E-state index in [2.05, 4.69) is 9.97 Å². The molecule has 0 atom stereocenters. The minimum atomic E-state index is 0.223. The predicted octanol–water partition coefficient (Wildman–Crippen LogP) is 0.648. The van der Waals surface area contributed by atoms with Crippen LogP contribution in [0, 0.1) is 0 Å². The second-order valence-corrected chi connectivity index (χ2v) is 3.39. The summed E-state index contributed by atoms with van der Waals surface area (Å²) in [6.45, 7) is 0. The van der Waals surface area contributed by atoms with Crippen LogP contribution in [0.4, 0.5) is 11.8 Å². The molecule has 0 aliphatic heterocycles. The number of nitrogens with zero attached hydrogens (tertiary/aromatic N) is 2. The van der Waals surface area contributed by atoms with Crippen molar-refractivity contribution in [1.29, 1.82) is 0 Å². The summed E-state index contributed by atoms with van der Waals surface area (Å²) >= 11 is 0. The monoisotopic (exact) mass is 244 g/mol. The Hall–Kier alpha value is -2.72. The van der Waals surface area contributed by atoms with Gasteiger partial charge in [-0.25, -0.2) is 4.98 Å². The zero-order valence-electron chi connectivity index (χ0n) is 9.54. The third-order valence-electron chi connectivity index (χ3n) is 2.04. The highest BCUT2D eigenvalue weighted by molar-refractivity contribution is 5.37. The fourth-order valence-corrected chi connectivity index (χ4v) is 1.44. The summed E-state index contributed by atoms with van der Waals surface area (Å²) in [5.41, 5.74) is 13.1. The van der Waals surface area contributed by atoms with Gasteiger partial charge in [-0.3, -0.25) is 0 Å². The van der Waals surface area contributed by atoms with Gasteiger partial charge in [0.05, 0.1) is 5.69 Å². The largest absolute Gasteiger partial charge is 0.384 e. The van der Waals surface area contributed by atoms with Crippen LogP contribution in [0.2, 0.25) is 0 Å². The zero-order chi connectivity index (χ0) is 13.4. The van der Waals surface area contributed by atoms with Gasteiger partial charge < -0.3 is 11.5 Å². The maximum atomic E-state index is 8.12. The number of hydrogen-bond acceptors (Lipinski definition) is 6. The van der Waals surface area contributed by atoms with Crippen molar-refractivity contribution in [2.24, 2.45) is 0 Å². The molecule has 0 spiro atoms. The molecule has 1 aromatic heterocycles. The molecule has 0 aliphatic rings. The lowest BCUT2D eigenvalue weighted by Crippen LogP contribution is -2.03. The minimum Gasteiger partial charge on any atom is -0.384 e. The standard InChI is InChI=1S/C11H12N4.CO2/c12-10-7-9(14-11(13)15-10)6-8-4-2-1-3-5-8;2-1-3/h1-5,7H,6H2,(H4,12,13,14,15);. The van der Waals surface area contributed by atoms with E-state index >= 15 is 0 Å². The molecule has 0 amide bonds. The molecule has 6 heteroatoms. The molecule has 1 aromatic carbocycles. The van der Waals surface area contributed by atoms with Gasteiger partial charge in [0.1, 0.15) is 5.82 Å². The Morgan fingerprint density at radius 1 is 1.06 bits per heavy atom. The van der Waals surface area contributed by atoms with E-state index in [9.17, 15) is 0 Å². The van der Waals surface area contributed by atoms with Gasteiger partial charge in [-0.2, -0.15) is 14.6 Å². The summed E-state index contributed by atoms with van der Waals surface area (Å²) in [4.78, 5) is 24.2. The molecule has 0 saturated heterocycles. The molecule has 18 heavy (non-hydrogen) atoms. The first-order chi connectivity index (χ1) is 8.65. The van der Waals surface area contributed by atoms with Gasteiger partial charge in [-0.15, -0.1) is 0 Å². The Bertz CT molecular complexity index is 517. The van der Waals surface area contributed by atoms with Crippen molar-refractivity contribution in [2.45, 2.75) is 6.42 Å². The van der Waals surface area contributed by atoms with Crippen molar-refractivity contribution in [3.8, 4) is 0 Å². The zero-order valence-corrected chi connectivity index (χ0v) is 9.54. The van der Waals surface area contributed by atoms with E-state index in [1.54, 1.807) is 6.07 Å². The molecular weight excluding hydrogens is 232 g/mol. The van der Waals surface area contributed by atoms with Crippen molar-refractivity contribution >= 4 is 17.9 Å². The molecule has 0 aliphatic carbocycles. The number of aromatic nitrogens is 2. The van der Waals surface area contributed by atoms with Gasteiger partial charge in [-0.1, -0.05) is 30.3 Å². The van der Waals surface area contributed by atoms with E-state index in [1.807, 2.05) is 30.3 Å². The number of carbonyl (C=O) groups excluding carboxylic acids is 2. The smallest absolute Gasteiger partial charge is 0.373 e. The number of rotatable bonds is 2. The van der Waals surface area contributed by atoms with Crippen LogP contribution in [0.5, 0.6) is 0 Å². The van der Waals surface area contributed by atoms with Crippen LogP contribution in [0.3, 0.4) is 0 Å². The molecule has 2 aromatic rings. The van der Waals surface area contributed by atoms with Gasteiger partial charge in [0.25, 0.3) is 0 Å². The second kappa shape index (κ2) is 6.78. The highest BCUT2D eigenvalue weighted by Crippen LogP contribution is 2.10. The lowest BCUT2D eigenvalue weighted by Gasteiger charge is -2.02. The summed E-state index contributed by atoms with van der Waals surface area (Å²) in [6, 6.07) is 11.8. The molecule has 0 bridgehead atoms. The Morgan fingerprint density at radius 3 is 2.22 bits per heavy atom. The molecule has 6 nitrogen and oxygen atoms in total. The average Bonchev–Trinajstić information content (AvgIpc) is 2.29. The van der Waals surface area contributed by atoms with E-state index in [-0.39, 0.29) is 12.1 Å². The minimum absolute atomic E-state index is 0.223. The number of hydrogen-bond donors (Lipinski definition) is 2. The van der Waals surface area contributed by atoms with Crippen molar-refractivity contribution < 1.29 is 9.59 Å². The first-order valence-electron chi connectivity index (χ1n) is 5.08. The molecule has 0 fully saturated rings. The van der Waals surface area contributed by atoms with Gasteiger partial charge in [0.2, 0.25) is 5.95 Å². The van der Waals surface area contributed by atoms with Crippen molar-refractivity contribution in [3.63, 3.8) is 0 Å². The van der Waals surface area contributed by atoms with Crippen molar-refractivity contribution in [3.05, 3.63) is 47.7 Å². The topological polar surface area (TPSA) is 112 Å². The van der Waals surface area contributed by atoms with E-state index in [0.29, 0.717) is 5.82 Å². The summed E-state index contributed by atoms with van der Waals surface area (Å²) < 4.78 is 0. The number of nitrogen functional groups attached to an aromatic ring is 2. The normalized spacial score (nSPS) is 8.89. The number of nitrogens with two attached hydrogens (primary N) is 2. The van der Waals surface area contributed by atoms with Crippen LogP contribution in [-0.4, -0.2) is 16.1 Å². The molecule has 4 N–H and O–H groups in total. The Kier molecular flexibility index (Phi) is 5.02. The lowest BCUT2D eigenvalue weighted by atomic mass is 10.1. The Labute approximate surface area is 104 Å². The first-order valence-corrected chi connectivity index (χ1v) is 5.08. The van der Waals surface area contributed by atoms with E-state index in [0.717, 1.165) is 12.1 Å². The van der Waals surface area contributed by atoms with Crippen LogP contribution >= 0.6 is 0 Å². The van der Waals surface area contributed by atoms with Gasteiger partial charge >= 0.3 is 6.15 Å². The summed E-state index contributed by atoms with van der Waals surface area (Å²) in [5.74, 6) is 0.634. The third-order valence-corrected chi connectivity index (χ3v) is 2.04. The van der Waals surface area contributed by atoms with Crippen LogP contribution in [0.1, 0.15) is 11.3 Å². The van der Waals surface area contributed by atoms with Gasteiger partial charge in [-0.05, 0) is 5.56 Å². The summed E-state index contributed by atoms with van der Waals surface area (Å²) in [6.07, 6.45) is 0.970. The van der Waals surface area contributed by atoms with E-state index in [4.69, 9.17) is 21.1 Å². The fraction of sp³-hybridized carbons (Fsp3) is 0.0833. The Balaban J connectivity index is 0.000000492. The van der Waals surface area contributed by atoms with Crippen LogP contribution in [0.25, 0.3) is 0 Å². The Morgan fingerprint density at radius 2 is 1.67 bits per heavy atom. The molecule has 92 valence electrons. The molecule has 0 unspecified atom stereocenters. The highest BCUT2D eigenvalue weighted by Gasteiger charge is 2.00. The van der Waals surface area contributed by atoms with Gasteiger partial charge in [0, 0.05) is 12.5 Å². The molecule has 0 saturated carbocycles. The van der Waals surface area contributed by atoms with Gasteiger partial charge in [0.15, 0.2) is 0 Å². The summed E-state index contributed by atoms with van der Waals surface area (Å²) in [7, 11) is 0. The first kappa shape index (κ1) is 13.3. The molecular formula is C12H12N4O2. The third kappa shape index (κ3) is 4.42. The molecule has 0 radical (unpaired) electrons. The highest BCUT2D eigenvalue weighted by atomic mass is 16.2. The molecule has 2 rings (SSSR count). The van der Waals surface area contributed by atoms with Crippen molar-refractivity contribution in [2.75, 3.05) is 11.5 Å². The van der Waals surface area contributed by atoms with E-state index in [1.165, 1.54) is 5.56 Å². The van der Waals surface area contributed by atoms with Crippen LogP contribution in [-0.2, 0) is 16.0 Å². The summed E-state index contributed by atoms with van der Waals surface area (Å²) in [5, 5.41) is 0. The number of anilines is 2. The quantitative estimate of drug-likeness (QED) is 0.802. The lowest BCUT2D eigenvalue weighted by molar-refractivity contribution is -0.191. The van der Waals surface area contributed by atoms with Crippen molar-refractivity contribution in [1.82, 2.24) is 9.97 Å². The maximum Gasteiger partial charge on any atom is 0.373 e. The molecule has 1 heterocycles. The second-order valence-electron chi connectivity index (χ2n) is 3.39. The van der Waals surface area contributed by atoms with Crippen LogP contribution < -0.4 is 11.5 Å². The number of benzene rings is 1.